The third-order valence-corrected chi connectivity index (χ3v) is 15.2. The molecule has 11 rings (SSSR count). The number of imide groups is 2. The van der Waals surface area contributed by atoms with Crippen molar-refractivity contribution in [2.45, 2.75) is 101 Å². The topological polar surface area (TPSA) is 197 Å². The van der Waals surface area contributed by atoms with Crippen LogP contribution in [0.3, 0.4) is 0 Å². The summed E-state index contributed by atoms with van der Waals surface area (Å²) >= 11 is 0. The molecule has 0 radical (unpaired) electrons. The Hall–Kier alpha value is -5.95. The summed E-state index contributed by atoms with van der Waals surface area (Å²) in [5, 5.41) is 12.7. The number of nitrogens with zero attached hydrogens (tertiary/aromatic N) is 8. The number of anilines is 3. The number of rotatable bonds is 11. The lowest BCUT2D eigenvalue weighted by molar-refractivity contribution is -0.136. The maximum Gasteiger partial charge on any atom is 0.284 e. The molecule has 3 aromatic heterocycles. The highest BCUT2D eigenvalue weighted by molar-refractivity contribution is 6.25. The van der Waals surface area contributed by atoms with Crippen molar-refractivity contribution >= 4 is 57.8 Å². The predicted octanol–water partition coefficient (Wildman–Crippen LogP) is 5.13. The van der Waals surface area contributed by atoms with Crippen molar-refractivity contribution in [1.82, 2.24) is 39.8 Å². The largest absolute Gasteiger partial charge is 0.384 e. The minimum Gasteiger partial charge on any atom is -0.384 e. The highest BCUT2D eigenvalue weighted by Crippen LogP contribution is 2.53. The number of nitrogens with one attached hydrogen (secondary N) is 3. The van der Waals surface area contributed by atoms with Gasteiger partial charge in [0.05, 0.1) is 47.1 Å². The number of morpholine rings is 1. The Balaban J connectivity index is 0.651. The number of pyridine rings is 1. The van der Waals surface area contributed by atoms with Crippen LogP contribution in [0.2, 0.25) is 0 Å². The molecule has 19 heteroatoms. The second-order valence-electron chi connectivity index (χ2n) is 19.2. The van der Waals surface area contributed by atoms with Crippen molar-refractivity contribution in [3.05, 3.63) is 65.4 Å². The number of carbonyl (C=O) groups is 5. The first kappa shape index (κ1) is 41.7. The Morgan fingerprint density at radius 1 is 0.938 bits per heavy atom. The Kier molecular flexibility index (Phi) is 10.6. The molecule has 1 aromatic carbocycles. The van der Waals surface area contributed by atoms with Gasteiger partial charge < -0.3 is 25.2 Å². The lowest BCUT2D eigenvalue weighted by Crippen LogP contribution is -2.54. The highest BCUT2D eigenvalue weighted by Gasteiger charge is 2.48. The standard InChI is InChI=1S/C46H51F2N11O6/c47-41(48)39-33(52-43(62)40-38-32(50-24-51-40)8-10-35(53-38)57-21-29-16-28(57)23-65-29)22-58(55-39)27-6-4-25(5-7-27)20-56-14-12-46(13-15-56)17-26(18-46)19-49-31-3-1-2-30-37(31)45(64)59(44(30)63)34-9-11-36(60)54-42(34)61/h1-3,8,10,22,24-29,34,41,49H,4-7,9,11-21,23H2,(H,52,62)(H,54,60,61)/t25?,27?,28-,29?,34?/m1/s1. The van der Waals surface area contributed by atoms with Crippen molar-refractivity contribution in [2.24, 2.45) is 17.3 Å². The SMILES string of the molecule is O=C1CCC(N2C(=O)c3cccc(NCC4CC5(CCN(CC6CCC(n7cc(NC(=O)c8ncnc9ccc(N%10CC%11C[C@@H]%10CO%11)nc89)c(C(F)F)n7)CC6)CC5)C4)c3C2=O)C(=O)N1. The third kappa shape index (κ3) is 7.68. The molecule has 2 aliphatic carbocycles. The summed E-state index contributed by atoms with van der Waals surface area (Å²) in [7, 11) is 0. The zero-order valence-corrected chi connectivity index (χ0v) is 35.9. The lowest BCUT2D eigenvalue weighted by atomic mass is 9.57. The molecule has 5 amide bonds. The maximum absolute atomic E-state index is 14.4. The molecule has 4 saturated heterocycles. The lowest BCUT2D eigenvalue weighted by Gasteiger charge is -2.53. The second-order valence-corrected chi connectivity index (χ2v) is 19.2. The molecule has 4 aromatic rings. The van der Waals surface area contributed by atoms with E-state index in [-0.39, 0.29) is 53.5 Å². The van der Waals surface area contributed by atoms with E-state index in [9.17, 15) is 32.8 Å². The van der Waals surface area contributed by atoms with Gasteiger partial charge in [-0.15, -0.1) is 0 Å². The molecule has 7 aliphatic rings. The number of likely N-dealkylation sites (tertiary alicyclic amines) is 1. The quantitative estimate of drug-likeness (QED) is 0.168. The van der Waals surface area contributed by atoms with Gasteiger partial charge in [-0.05, 0) is 119 Å². The van der Waals surface area contributed by atoms with Crippen molar-refractivity contribution in [3.63, 3.8) is 0 Å². The van der Waals surface area contributed by atoms with Crippen molar-refractivity contribution in [2.75, 3.05) is 54.9 Å². The first-order valence-electron chi connectivity index (χ1n) is 23.0. The Morgan fingerprint density at radius 3 is 2.49 bits per heavy atom. The average Bonchev–Trinajstić information content (AvgIpc) is 4.10. The molecular formula is C46H51F2N11O6. The summed E-state index contributed by atoms with van der Waals surface area (Å²) in [6.45, 7) is 5.10. The number of piperidine rings is 2. The fraction of sp³-hybridized carbons (Fsp3) is 0.543. The van der Waals surface area contributed by atoms with Crippen LogP contribution in [-0.2, 0) is 14.3 Å². The summed E-state index contributed by atoms with van der Waals surface area (Å²) in [4.78, 5) is 83.7. The first-order chi connectivity index (χ1) is 31.5. The van der Waals surface area contributed by atoms with Crippen molar-refractivity contribution < 1.29 is 37.5 Å². The number of hydrogen-bond acceptors (Lipinski definition) is 13. The normalized spacial score (nSPS) is 26.6. The zero-order chi connectivity index (χ0) is 44.6. The van der Waals surface area contributed by atoms with Gasteiger partial charge in [-0.25, -0.2) is 23.7 Å². The molecule has 2 unspecified atom stereocenters. The Labute approximate surface area is 373 Å². The molecule has 3 N–H and O–H groups in total. The van der Waals surface area contributed by atoms with Crippen LogP contribution in [-0.4, -0.2) is 122 Å². The Bertz CT molecular complexity index is 2580. The van der Waals surface area contributed by atoms with Crippen LogP contribution in [0, 0.1) is 17.3 Å². The van der Waals surface area contributed by atoms with Gasteiger partial charge in [0.15, 0.2) is 11.4 Å². The van der Waals surface area contributed by atoms with Crippen LogP contribution in [0.15, 0.2) is 42.9 Å². The fourth-order valence-electron chi connectivity index (χ4n) is 11.8. The number of halogens is 2. The van der Waals surface area contributed by atoms with E-state index >= 15 is 0 Å². The number of amides is 5. The number of fused-ring (bicyclic) bond motifs is 4. The predicted molar refractivity (Wildman–Crippen MR) is 231 cm³/mol. The van der Waals surface area contributed by atoms with E-state index in [1.165, 1.54) is 12.5 Å². The molecule has 2 saturated carbocycles. The van der Waals surface area contributed by atoms with E-state index in [1.54, 1.807) is 28.9 Å². The molecule has 8 heterocycles. The van der Waals surface area contributed by atoms with Crippen molar-refractivity contribution in [1.29, 1.82) is 0 Å². The molecule has 340 valence electrons. The van der Waals surface area contributed by atoms with Crippen LogP contribution in [0.5, 0.6) is 0 Å². The van der Waals surface area contributed by atoms with Gasteiger partial charge in [-0.2, -0.15) is 5.10 Å². The summed E-state index contributed by atoms with van der Waals surface area (Å²) in [6.07, 6.45) is 9.19. The molecule has 5 aliphatic heterocycles. The molecular weight excluding hydrogens is 841 g/mol. The molecule has 3 atom stereocenters. The summed E-state index contributed by atoms with van der Waals surface area (Å²) in [6, 6.07) is 8.00. The molecule has 1 spiro atoms. The smallest absolute Gasteiger partial charge is 0.284 e. The number of alkyl halides is 2. The van der Waals surface area contributed by atoms with Crippen LogP contribution in [0.1, 0.15) is 120 Å². The van der Waals surface area contributed by atoms with Gasteiger partial charge in [-0.1, -0.05) is 6.07 Å². The minimum absolute atomic E-state index is 0.00993. The number of benzene rings is 1. The van der Waals surface area contributed by atoms with Crippen LogP contribution < -0.4 is 20.9 Å². The maximum atomic E-state index is 14.4. The Morgan fingerprint density at radius 2 is 1.75 bits per heavy atom. The molecule has 65 heavy (non-hydrogen) atoms. The number of ether oxygens (including phenoxy) is 1. The van der Waals surface area contributed by atoms with E-state index in [2.05, 4.69) is 40.8 Å². The van der Waals surface area contributed by atoms with E-state index in [0.29, 0.717) is 59.5 Å². The number of hydrogen-bond donors (Lipinski definition) is 3. The summed E-state index contributed by atoms with van der Waals surface area (Å²) in [5.41, 5.74) is 1.76. The van der Waals surface area contributed by atoms with Gasteiger partial charge in [0.25, 0.3) is 24.1 Å². The molecule has 6 fully saturated rings. The van der Waals surface area contributed by atoms with E-state index in [0.717, 1.165) is 82.3 Å². The van der Waals surface area contributed by atoms with Gasteiger partial charge in [0.2, 0.25) is 11.8 Å². The van der Waals surface area contributed by atoms with E-state index in [4.69, 9.17) is 9.72 Å². The van der Waals surface area contributed by atoms with Crippen LogP contribution >= 0.6 is 0 Å². The summed E-state index contributed by atoms with van der Waals surface area (Å²) < 4.78 is 36.1. The van der Waals surface area contributed by atoms with E-state index < -0.39 is 47.7 Å². The minimum atomic E-state index is -2.88. The van der Waals surface area contributed by atoms with Crippen LogP contribution in [0.25, 0.3) is 11.0 Å². The van der Waals surface area contributed by atoms with Crippen LogP contribution in [0.4, 0.5) is 26.0 Å². The van der Waals surface area contributed by atoms with Gasteiger partial charge in [-0.3, -0.25) is 38.9 Å². The molecule has 2 bridgehead atoms. The number of aromatic nitrogens is 5. The first-order valence-corrected chi connectivity index (χ1v) is 23.0. The monoisotopic (exact) mass is 891 g/mol. The third-order valence-electron chi connectivity index (χ3n) is 15.2. The average molecular weight is 892 g/mol. The summed E-state index contributed by atoms with van der Waals surface area (Å²) in [5.74, 6) is -1.05. The van der Waals surface area contributed by atoms with Gasteiger partial charge in [0, 0.05) is 37.9 Å². The highest BCUT2D eigenvalue weighted by atomic mass is 19.3. The fourth-order valence-corrected chi connectivity index (χ4v) is 11.8. The van der Waals surface area contributed by atoms with Gasteiger partial charge in [0.1, 0.15) is 23.7 Å². The van der Waals surface area contributed by atoms with E-state index in [1.807, 2.05) is 6.07 Å². The number of carbonyl (C=O) groups excluding carboxylic acids is 5. The van der Waals surface area contributed by atoms with Gasteiger partial charge >= 0.3 is 0 Å². The van der Waals surface area contributed by atoms with Crippen molar-refractivity contribution in [3.8, 4) is 0 Å². The molecule has 17 nitrogen and oxygen atoms in total. The second kappa shape index (κ2) is 16.5. The zero-order valence-electron chi connectivity index (χ0n) is 35.9.